The van der Waals surface area contributed by atoms with Gasteiger partial charge in [-0.15, -0.1) is 0 Å². The summed E-state index contributed by atoms with van der Waals surface area (Å²) in [7, 11) is 0. The molecule has 1 N–H and O–H groups in total. The number of allylic oxidation sites excluding steroid dienone is 1. The van der Waals surface area contributed by atoms with Crippen molar-refractivity contribution in [3.8, 4) is 0 Å². The van der Waals surface area contributed by atoms with E-state index in [0.29, 0.717) is 0 Å². The number of likely N-dealkylation sites (tertiary alicyclic amines) is 1. The van der Waals surface area contributed by atoms with Crippen LogP contribution in [0.15, 0.2) is 11.6 Å². The van der Waals surface area contributed by atoms with E-state index >= 15 is 0 Å². The molecule has 2 aliphatic rings. The van der Waals surface area contributed by atoms with E-state index in [2.05, 4.69) is 0 Å². The van der Waals surface area contributed by atoms with Crippen molar-refractivity contribution in [2.24, 2.45) is 5.41 Å². The molecule has 2 atom stereocenters. The molecular weight excluding hydrogens is 202 g/mol. The lowest BCUT2D eigenvalue weighted by molar-refractivity contribution is -0.128. The number of carbonyl (C=O) groups excluding carboxylic acids is 1. The summed E-state index contributed by atoms with van der Waals surface area (Å²) in [6.07, 6.45) is 6.12. The number of carbonyl (C=O) groups is 1. The fraction of sp³-hybridized carbons (Fsp3) is 0.769. The summed E-state index contributed by atoms with van der Waals surface area (Å²) >= 11 is 0. The van der Waals surface area contributed by atoms with Crippen LogP contribution in [-0.2, 0) is 4.79 Å². The zero-order valence-corrected chi connectivity index (χ0v) is 10.2. The second-order valence-corrected chi connectivity index (χ2v) is 5.15. The molecule has 3 nitrogen and oxygen atoms in total. The molecule has 0 spiro atoms. The zero-order valence-electron chi connectivity index (χ0n) is 10.2. The predicted octanol–water partition coefficient (Wildman–Crippen LogP) is 1.72. The number of amides is 1. The highest BCUT2D eigenvalue weighted by Crippen LogP contribution is 2.48. The van der Waals surface area contributed by atoms with Crippen LogP contribution in [0.4, 0.5) is 0 Å². The van der Waals surface area contributed by atoms with Crippen LogP contribution in [0.5, 0.6) is 0 Å². The summed E-state index contributed by atoms with van der Waals surface area (Å²) < 4.78 is 0. The first kappa shape index (κ1) is 11.6. The molecule has 1 saturated heterocycles. The Labute approximate surface area is 97.1 Å². The Hall–Kier alpha value is -0.830. The van der Waals surface area contributed by atoms with Crippen molar-refractivity contribution >= 4 is 5.91 Å². The first-order chi connectivity index (χ1) is 7.64. The van der Waals surface area contributed by atoms with Gasteiger partial charge in [0.2, 0.25) is 5.91 Å². The zero-order chi connectivity index (χ0) is 11.8. The van der Waals surface area contributed by atoms with Gasteiger partial charge >= 0.3 is 0 Å². The lowest BCUT2D eigenvalue weighted by Gasteiger charge is -2.30. The van der Waals surface area contributed by atoms with Gasteiger partial charge in [-0.05, 0) is 33.1 Å². The highest BCUT2D eigenvalue weighted by atomic mass is 16.3. The second-order valence-electron chi connectivity index (χ2n) is 5.15. The molecule has 16 heavy (non-hydrogen) atoms. The molecule has 1 saturated carbocycles. The summed E-state index contributed by atoms with van der Waals surface area (Å²) in [5.74, 6) is 0.157. The summed E-state index contributed by atoms with van der Waals surface area (Å²) in [5, 5.41) is 9.57. The van der Waals surface area contributed by atoms with Crippen LogP contribution in [0.2, 0.25) is 0 Å². The fourth-order valence-corrected chi connectivity index (χ4v) is 3.25. The number of aliphatic hydroxyl groups excluding tert-OH is 1. The van der Waals surface area contributed by atoms with Gasteiger partial charge in [0.15, 0.2) is 0 Å². The molecule has 1 aliphatic carbocycles. The van der Waals surface area contributed by atoms with Gasteiger partial charge in [0.05, 0.1) is 6.61 Å². The molecule has 3 heteroatoms. The Kier molecular flexibility index (Phi) is 3.06. The van der Waals surface area contributed by atoms with Crippen LogP contribution in [0.25, 0.3) is 0 Å². The minimum absolute atomic E-state index is 0.0175. The summed E-state index contributed by atoms with van der Waals surface area (Å²) in [6.45, 7) is 4.82. The summed E-state index contributed by atoms with van der Waals surface area (Å²) in [4.78, 5) is 14.1. The fourth-order valence-electron chi connectivity index (χ4n) is 3.25. The number of rotatable bonds is 2. The van der Waals surface area contributed by atoms with Crippen molar-refractivity contribution in [1.29, 1.82) is 0 Å². The second kappa shape index (κ2) is 4.21. The Morgan fingerprint density at radius 1 is 1.56 bits per heavy atom. The maximum atomic E-state index is 12.2. The van der Waals surface area contributed by atoms with Crippen molar-refractivity contribution in [1.82, 2.24) is 4.90 Å². The van der Waals surface area contributed by atoms with Crippen molar-refractivity contribution in [3.63, 3.8) is 0 Å². The molecule has 1 heterocycles. The van der Waals surface area contributed by atoms with E-state index < -0.39 is 0 Å². The van der Waals surface area contributed by atoms with Gasteiger partial charge in [-0.3, -0.25) is 4.79 Å². The lowest BCUT2D eigenvalue weighted by atomic mass is 9.83. The van der Waals surface area contributed by atoms with Crippen molar-refractivity contribution in [2.75, 3.05) is 13.2 Å². The first-order valence-electron chi connectivity index (χ1n) is 6.19. The Bertz CT molecular complexity index is 324. The standard InChI is InChI=1S/C13H21NO2/c1-3-10(2)12(16)14-8-7-13(9-15)6-4-5-11(13)14/h3,11,15H,4-9H2,1-2H3/b10-3+. The molecular formula is C13H21NO2. The third-order valence-corrected chi connectivity index (χ3v) is 4.43. The molecule has 2 fully saturated rings. The molecule has 90 valence electrons. The van der Waals surface area contributed by atoms with E-state index in [1.165, 1.54) is 0 Å². The molecule has 0 bridgehead atoms. The number of hydrogen-bond acceptors (Lipinski definition) is 2. The first-order valence-corrected chi connectivity index (χ1v) is 6.19. The number of aliphatic hydroxyl groups is 1. The van der Waals surface area contributed by atoms with Gasteiger partial charge in [0, 0.05) is 23.6 Å². The van der Waals surface area contributed by atoms with Crippen LogP contribution in [-0.4, -0.2) is 35.1 Å². The summed E-state index contributed by atoms with van der Waals surface area (Å²) in [5.41, 5.74) is 0.838. The SMILES string of the molecule is C/C=C(\C)C(=O)N1CCC2(CO)CCCC12. The smallest absolute Gasteiger partial charge is 0.249 e. The molecule has 0 aromatic heterocycles. The Morgan fingerprint density at radius 2 is 2.31 bits per heavy atom. The normalized spacial score (nSPS) is 34.3. The van der Waals surface area contributed by atoms with Gasteiger partial charge in [-0.1, -0.05) is 12.5 Å². The highest BCUT2D eigenvalue weighted by Gasteiger charge is 2.51. The monoisotopic (exact) mass is 223 g/mol. The molecule has 1 amide bonds. The minimum Gasteiger partial charge on any atom is -0.396 e. The predicted molar refractivity (Wildman–Crippen MR) is 62.9 cm³/mol. The van der Waals surface area contributed by atoms with Crippen LogP contribution < -0.4 is 0 Å². The molecule has 0 aromatic rings. The van der Waals surface area contributed by atoms with E-state index in [0.717, 1.165) is 37.8 Å². The van der Waals surface area contributed by atoms with E-state index in [1.54, 1.807) is 0 Å². The van der Waals surface area contributed by atoms with Crippen molar-refractivity contribution in [3.05, 3.63) is 11.6 Å². The molecule has 0 radical (unpaired) electrons. The molecule has 0 aromatic carbocycles. The van der Waals surface area contributed by atoms with Gasteiger partial charge in [-0.25, -0.2) is 0 Å². The third kappa shape index (κ3) is 1.58. The Balaban J connectivity index is 2.18. The Morgan fingerprint density at radius 3 is 2.94 bits per heavy atom. The topological polar surface area (TPSA) is 40.5 Å². The van der Waals surface area contributed by atoms with E-state index in [9.17, 15) is 9.90 Å². The maximum absolute atomic E-state index is 12.2. The van der Waals surface area contributed by atoms with E-state index in [4.69, 9.17) is 0 Å². The van der Waals surface area contributed by atoms with Crippen molar-refractivity contribution in [2.45, 2.75) is 45.6 Å². The maximum Gasteiger partial charge on any atom is 0.249 e. The van der Waals surface area contributed by atoms with Crippen LogP contribution >= 0.6 is 0 Å². The molecule has 2 rings (SSSR count). The van der Waals surface area contributed by atoms with E-state index in [1.807, 2.05) is 24.8 Å². The third-order valence-electron chi connectivity index (χ3n) is 4.43. The van der Waals surface area contributed by atoms with Crippen LogP contribution in [0.3, 0.4) is 0 Å². The number of nitrogens with zero attached hydrogens (tertiary/aromatic N) is 1. The highest BCUT2D eigenvalue weighted by molar-refractivity contribution is 5.93. The number of hydrogen-bond donors (Lipinski definition) is 1. The number of fused-ring (bicyclic) bond motifs is 1. The van der Waals surface area contributed by atoms with Gasteiger partial charge in [-0.2, -0.15) is 0 Å². The minimum atomic E-state index is 0.0175. The van der Waals surface area contributed by atoms with Crippen LogP contribution in [0.1, 0.15) is 39.5 Å². The van der Waals surface area contributed by atoms with E-state index in [-0.39, 0.29) is 24.0 Å². The lowest BCUT2D eigenvalue weighted by Crippen LogP contribution is -2.41. The van der Waals surface area contributed by atoms with Crippen molar-refractivity contribution < 1.29 is 9.90 Å². The van der Waals surface area contributed by atoms with Gasteiger partial charge in [0.1, 0.15) is 0 Å². The van der Waals surface area contributed by atoms with Gasteiger partial charge < -0.3 is 10.0 Å². The average Bonchev–Trinajstić information content (AvgIpc) is 2.85. The molecule has 1 aliphatic heterocycles. The molecule has 2 unspecified atom stereocenters. The summed E-state index contributed by atoms with van der Waals surface area (Å²) in [6, 6.07) is 0.278. The van der Waals surface area contributed by atoms with Crippen LogP contribution in [0, 0.1) is 5.41 Å². The quantitative estimate of drug-likeness (QED) is 0.724. The largest absolute Gasteiger partial charge is 0.396 e. The van der Waals surface area contributed by atoms with Gasteiger partial charge in [0.25, 0.3) is 0 Å². The average molecular weight is 223 g/mol.